The van der Waals surface area contributed by atoms with Crippen molar-refractivity contribution in [2.75, 3.05) is 26.2 Å². The number of phosphoric ester groups is 1. The first-order chi connectivity index (χ1) is 16.5. The van der Waals surface area contributed by atoms with Gasteiger partial charge in [-0.2, -0.15) is 0 Å². The number of likely N-dealkylation sites (tertiary alicyclic amines) is 1. The summed E-state index contributed by atoms with van der Waals surface area (Å²) in [5.41, 5.74) is 1.46. The first-order valence-electron chi connectivity index (χ1n) is 11.4. The van der Waals surface area contributed by atoms with Crippen LogP contribution in [0.1, 0.15) is 48.8 Å². The number of phosphoric acid groups is 1. The van der Waals surface area contributed by atoms with Gasteiger partial charge in [-0.25, -0.2) is 17.7 Å². The van der Waals surface area contributed by atoms with Crippen LogP contribution in [0.3, 0.4) is 0 Å². The van der Waals surface area contributed by atoms with Crippen LogP contribution >= 0.6 is 7.82 Å². The molecule has 192 valence electrons. The molecule has 1 amide bonds. The van der Waals surface area contributed by atoms with Gasteiger partial charge in [0.2, 0.25) is 5.91 Å². The number of halogens is 3. The zero-order valence-corrected chi connectivity index (χ0v) is 20.3. The Hall–Kier alpha value is -2.39. The summed E-state index contributed by atoms with van der Waals surface area (Å²) in [5, 5.41) is 0. The second-order valence-corrected chi connectivity index (χ2v) is 9.86. The van der Waals surface area contributed by atoms with Gasteiger partial charge in [-0.15, -0.1) is 0 Å². The number of nitrogens with zero attached hydrogens (tertiary/aromatic N) is 2. The van der Waals surface area contributed by atoms with Crippen molar-refractivity contribution in [3.8, 4) is 5.75 Å². The zero-order valence-electron chi connectivity index (χ0n) is 19.4. The van der Waals surface area contributed by atoms with Gasteiger partial charge in [0, 0.05) is 38.0 Å². The van der Waals surface area contributed by atoms with Crippen molar-refractivity contribution in [2.24, 2.45) is 0 Å². The second-order valence-electron chi connectivity index (χ2n) is 8.70. The highest BCUT2D eigenvalue weighted by molar-refractivity contribution is 7.46. The molecule has 1 heterocycles. The molecule has 0 bridgehead atoms. The molecular formula is C24H30F3N2O5P. The van der Waals surface area contributed by atoms with E-state index < -0.39 is 20.4 Å². The maximum absolute atomic E-state index is 14.9. The van der Waals surface area contributed by atoms with E-state index in [1.807, 2.05) is 4.90 Å². The van der Waals surface area contributed by atoms with Crippen LogP contribution in [0.25, 0.3) is 0 Å². The van der Waals surface area contributed by atoms with Crippen LogP contribution in [0.5, 0.6) is 5.75 Å². The quantitative estimate of drug-likeness (QED) is 0.449. The third-order valence-electron chi connectivity index (χ3n) is 6.11. The highest BCUT2D eigenvalue weighted by atomic mass is 31.2. The maximum atomic E-state index is 14.9. The molecule has 0 spiro atoms. The van der Waals surface area contributed by atoms with Gasteiger partial charge in [-0.3, -0.25) is 14.6 Å². The molecule has 0 saturated carbocycles. The normalized spacial score (nSPS) is 19.1. The minimum Gasteiger partial charge on any atom is -0.404 e. The Morgan fingerprint density at radius 1 is 1.17 bits per heavy atom. The molecule has 11 heteroatoms. The number of hydrogen-bond acceptors (Lipinski definition) is 4. The van der Waals surface area contributed by atoms with Crippen LogP contribution < -0.4 is 4.52 Å². The molecule has 2 aromatic rings. The highest BCUT2D eigenvalue weighted by Gasteiger charge is 2.30. The summed E-state index contributed by atoms with van der Waals surface area (Å²) < 4.78 is 55.8. The Morgan fingerprint density at radius 3 is 2.37 bits per heavy atom. The molecule has 1 saturated heterocycles. The Morgan fingerprint density at radius 2 is 1.83 bits per heavy atom. The average Bonchev–Trinajstić information content (AvgIpc) is 2.78. The maximum Gasteiger partial charge on any atom is 0.524 e. The van der Waals surface area contributed by atoms with E-state index in [2.05, 4.69) is 4.52 Å². The SMILES string of the molecule is CC(=O)N(CCCN1CCC(c2ccc(OP(=O)(O)O)cc2)C(F)C1)Cc1ccc(C(F)F)cc1. The molecular weight excluding hydrogens is 484 g/mol. The number of amides is 1. The van der Waals surface area contributed by atoms with Crippen molar-refractivity contribution in [1.82, 2.24) is 9.80 Å². The zero-order chi connectivity index (χ0) is 25.6. The predicted octanol–water partition coefficient (Wildman–Crippen LogP) is 4.66. The number of piperidine rings is 1. The summed E-state index contributed by atoms with van der Waals surface area (Å²) in [5.74, 6) is -0.411. The fourth-order valence-corrected chi connectivity index (χ4v) is 4.68. The fourth-order valence-electron chi connectivity index (χ4n) is 4.28. The highest BCUT2D eigenvalue weighted by Crippen LogP contribution is 2.38. The molecule has 1 aliphatic heterocycles. The molecule has 1 fully saturated rings. The molecule has 0 aliphatic carbocycles. The topological polar surface area (TPSA) is 90.3 Å². The molecule has 2 atom stereocenters. The second kappa shape index (κ2) is 12.0. The minimum atomic E-state index is -4.64. The lowest BCUT2D eigenvalue weighted by atomic mass is 9.88. The molecule has 0 aromatic heterocycles. The van der Waals surface area contributed by atoms with E-state index >= 15 is 0 Å². The molecule has 7 nitrogen and oxygen atoms in total. The number of hydrogen-bond donors (Lipinski definition) is 2. The first-order valence-corrected chi connectivity index (χ1v) is 12.9. The first kappa shape index (κ1) is 27.2. The van der Waals surface area contributed by atoms with E-state index in [9.17, 15) is 22.5 Å². The van der Waals surface area contributed by atoms with Crippen LogP contribution in [0, 0.1) is 0 Å². The third-order valence-corrected chi connectivity index (χ3v) is 6.56. The largest absolute Gasteiger partial charge is 0.524 e. The van der Waals surface area contributed by atoms with Crippen molar-refractivity contribution >= 4 is 13.7 Å². The summed E-state index contributed by atoms with van der Waals surface area (Å²) in [6.07, 6.45) is -2.39. The van der Waals surface area contributed by atoms with Gasteiger partial charge >= 0.3 is 7.82 Å². The van der Waals surface area contributed by atoms with Gasteiger partial charge in [0.15, 0.2) is 0 Å². The van der Waals surface area contributed by atoms with Crippen molar-refractivity contribution in [3.63, 3.8) is 0 Å². The van der Waals surface area contributed by atoms with Gasteiger partial charge in [0.05, 0.1) is 0 Å². The molecule has 2 N–H and O–H groups in total. The van der Waals surface area contributed by atoms with Crippen LogP contribution in [0.4, 0.5) is 13.2 Å². The van der Waals surface area contributed by atoms with E-state index in [4.69, 9.17) is 9.79 Å². The summed E-state index contributed by atoms with van der Waals surface area (Å²) in [6.45, 7) is 3.82. The van der Waals surface area contributed by atoms with E-state index in [0.29, 0.717) is 39.0 Å². The van der Waals surface area contributed by atoms with Gasteiger partial charge in [-0.05, 0) is 49.2 Å². The Labute approximate surface area is 202 Å². The number of alkyl halides is 3. The summed E-state index contributed by atoms with van der Waals surface area (Å²) in [4.78, 5) is 33.5. The van der Waals surface area contributed by atoms with Crippen molar-refractivity contribution in [2.45, 2.75) is 44.8 Å². The molecule has 3 rings (SSSR count). The van der Waals surface area contributed by atoms with Gasteiger partial charge < -0.3 is 14.3 Å². The predicted molar refractivity (Wildman–Crippen MR) is 125 cm³/mol. The smallest absolute Gasteiger partial charge is 0.404 e. The van der Waals surface area contributed by atoms with Crippen molar-refractivity contribution in [3.05, 3.63) is 65.2 Å². The minimum absolute atomic E-state index is 0.0231. The van der Waals surface area contributed by atoms with Crippen LogP contribution in [-0.2, 0) is 15.9 Å². The summed E-state index contributed by atoms with van der Waals surface area (Å²) >= 11 is 0. The number of carbonyl (C=O) groups excluding carboxylic acids is 1. The number of benzene rings is 2. The lowest BCUT2D eigenvalue weighted by Gasteiger charge is -2.35. The van der Waals surface area contributed by atoms with E-state index in [1.165, 1.54) is 31.2 Å². The molecule has 0 radical (unpaired) electrons. The molecule has 1 aliphatic rings. The molecule has 2 unspecified atom stereocenters. The van der Waals surface area contributed by atoms with E-state index in [0.717, 1.165) is 11.1 Å². The van der Waals surface area contributed by atoms with Crippen LogP contribution in [0.15, 0.2) is 48.5 Å². The van der Waals surface area contributed by atoms with Crippen molar-refractivity contribution < 1.29 is 36.8 Å². The Kier molecular flexibility index (Phi) is 9.35. The Balaban J connectivity index is 1.47. The van der Waals surface area contributed by atoms with Crippen LogP contribution in [-0.4, -0.2) is 57.8 Å². The fraction of sp³-hybridized carbons (Fsp3) is 0.458. The third kappa shape index (κ3) is 8.35. The lowest BCUT2D eigenvalue weighted by Crippen LogP contribution is -2.42. The van der Waals surface area contributed by atoms with Crippen molar-refractivity contribution in [1.29, 1.82) is 0 Å². The lowest BCUT2D eigenvalue weighted by molar-refractivity contribution is -0.129. The summed E-state index contributed by atoms with van der Waals surface area (Å²) in [7, 11) is -4.64. The molecule has 2 aromatic carbocycles. The number of carbonyl (C=O) groups is 1. The molecule has 35 heavy (non-hydrogen) atoms. The van der Waals surface area contributed by atoms with Gasteiger partial charge in [-0.1, -0.05) is 36.4 Å². The van der Waals surface area contributed by atoms with Crippen LogP contribution in [0.2, 0.25) is 0 Å². The summed E-state index contributed by atoms with van der Waals surface area (Å²) in [6, 6.07) is 12.0. The monoisotopic (exact) mass is 514 g/mol. The number of rotatable bonds is 10. The standard InChI is InChI=1S/C24H30F3N2O5P/c1-17(30)29(15-18-3-5-20(6-4-18)24(26)27)13-2-12-28-14-11-22(23(25)16-28)19-7-9-21(10-8-19)34-35(31,32)33/h3-10,22-24H,2,11-16H2,1H3,(H2,31,32,33). The van der Waals surface area contributed by atoms with Gasteiger partial charge in [0.1, 0.15) is 11.9 Å². The van der Waals surface area contributed by atoms with Gasteiger partial charge in [0.25, 0.3) is 6.43 Å². The average molecular weight is 514 g/mol. The van der Waals surface area contributed by atoms with E-state index in [1.54, 1.807) is 29.2 Å². The van der Waals surface area contributed by atoms with E-state index in [-0.39, 0.29) is 29.7 Å². The Bertz CT molecular complexity index is 1020.